The number of carbonyl (C=O) groups is 2. The maximum Gasteiger partial charge on any atom is 0.573 e. The lowest BCUT2D eigenvalue weighted by Crippen LogP contribution is -2.52. The van der Waals surface area contributed by atoms with Crippen molar-refractivity contribution in [1.82, 2.24) is 10.3 Å². The van der Waals surface area contributed by atoms with Crippen LogP contribution < -0.4 is 20.7 Å². The van der Waals surface area contributed by atoms with Crippen molar-refractivity contribution < 1.29 is 27.5 Å². The van der Waals surface area contributed by atoms with Gasteiger partial charge >= 0.3 is 6.36 Å². The van der Waals surface area contributed by atoms with E-state index in [-0.39, 0.29) is 23.3 Å². The Morgan fingerprint density at radius 2 is 2.04 bits per heavy atom. The van der Waals surface area contributed by atoms with Gasteiger partial charge in [0.05, 0.1) is 10.2 Å². The molecule has 1 aromatic heterocycles. The van der Waals surface area contributed by atoms with E-state index in [4.69, 9.17) is 5.73 Å². The molecule has 0 saturated carbocycles. The molecule has 12 heteroatoms. The Kier molecular flexibility index (Phi) is 6.57. The smallest absolute Gasteiger partial charge is 0.406 e. The Hall–Kier alpha value is -2.11. The van der Waals surface area contributed by atoms with E-state index in [1.165, 1.54) is 26.1 Å². The number of fused-ring (bicyclic) bond motifs is 1. The molecule has 2 aromatic rings. The summed E-state index contributed by atoms with van der Waals surface area (Å²) >= 11 is 0.989. The van der Waals surface area contributed by atoms with E-state index in [1.807, 2.05) is 0 Å². The van der Waals surface area contributed by atoms with Crippen molar-refractivity contribution in [3.05, 3.63) is 18.2 Å². The van der Waals surface area contributed by atoms with E-state index in [0.717, 1.165) is 22.3 Å². The van der Waals surface area contributed by atoms with Gasteiger partial charge in [0, 0.05) is 20.0 Å². The zero-order valence-electron chi connectivity index (χ0n) is 13.0. The number of nitrogens with zero attached hydrogens (tertiary/aromatic N) is 2. The van der Waals surface area contributed by atoms with Gasteiger partial charge in [-0.2, -0.15) is 0 Å². The van der Waals surface area contributed by atoms with Gasteiger partial charge in [0.25, 0.3) is 5.91 Å². The van der Waals surface area contributed by atoms with Crippen molar-refractivity contribution in [2.24, 2.45) is 5.73 Å². The van der Waals surface area contributed by atoms with E-state index in [9.17, 15) is 22.8 Å². The van der Waals surface area contributed by atoms with Crippen molar-refractivity contribution in [2.75, 3.05) is 11.9 Å². The minimum absolute atomic E-state index is 0. The van der Waals surface area contributed by atoms with Gasteiger partial charge in [0.1, 0.15) is 5.75 Å². The molecule has 2 rings (SSSR count). The topological polar surface area (TPSA) is 97.5 Å². The standard InChI is InChI=1S/C13H13F3N4O3S.ClH/c1-6(21)18-10(17)11(22)20(2)12-19-8-4-3-7(5-9(8)24-12)23-13(14,15)16;/h3-5,10H,17H2,1-2H3,(H,18,21);1H. The van der Waals surface area contributed by atoms with Gasteiger partial charge in [-0.3, -0.25) is 14.5 Å². The monoisotopic (exact) mass is 398 g/mol. The van der Waals surface area contributed by atoms with Gasteiger partial charge in [0.15, 0.2) is 11.3 Å². The number of rotatable bonds is 4. The van der Waals surface area contributed by atoms with Gasteiger partial charge < -0.3 is 15.8 Å². The van der Waals surface area contributed by atoms with Crippen molar-refractivity contribution in [1.29, 1.82) is 0 Å². The summed E-state index contributed by atoms with van der Waals surface area (Å²) < 4.78 is 41.0. The largest absolute Gasteiger partial charge is 0.573 e. The molecule has 1 heterocycles. The summed E-state index contributed by atoms with van der Waals surface area (Å²) in [7, 11) is 1.40. The average Bonchev–Trinajstić information content (AvgIpc) is 2.86. The lowest BCUT2D eigenvalue weighted by atomic mass is 10.3. The van der Waals surface area contributed by atoms with Crippen LogP contribution in [0.2, 0.25) is 0 Å². The van der Waals surface area contributed by atoms with E-state index in [1.54, 1.807) is 0 Å². The third kappa shape index (κ3) is 5.44. The van der Waals surface area contributed by atoms with Gasteiger partial charge in [-0.1, -0.05) is 11.3 Å². The average molecular weight is 399 g/mol. The number of hydrogen-bond acceptors (Lipinski definition) is 6. The maximum absolute atomic E-state index is 12.2. The number of anilines is 1. The number of ether oxygens (including phenoxy) is 1. The predicted octanol–water partition coefficient (Wildman–Crippen LogP) is 2.00. The quantitative estimate of drug-likeness (QED) is 0.768. The van der Waals surface area contributed by atoms with Gasteiger partial charge in [0.2, 0.25) is 5.91 Å². The third-order valence-electron chi connectivity index (χ3n) is 2.82. The van der Waals surface area contributed by atoms with Crippen LogP contribution >= 0.6 is 23.7 Å². The summed E-state index contributed by atoms with van der Waals surface area (Å²) in [6.45, 7) is 1.22. The summed E-state index contributed by atoms with van der Waals surface area (Å²) in [4.78, 5) is 28.3. The first kappa shape index (κ1) is 20.9. The van der Waals surface area contributed by atoms with Crippen molar-refractivity contribution in [3.8, 4) is 5.75 Å². The van der Waals surface area contributed by atoms with Crippen LogP contribution in [-0.4, -0.2) is 36.4 Å². The first-order valence-electron chi connectivity index (χ1n) is 6.53. The Bertz CT molecular complexity index is 783. The van der Waals surface area contributed by atoms with Gasteiger partial charge in [-0.05, 0) is 12.1 Å². The molecule has 1 atom stereocenters. The highest BCUT2D eigenvalue weighted by Gasteiger charge is 2.31. The van der Waals surface area contributed by atoms with E-state index in [0.29, 0.717) is 10.2 Å². The van der Waals surface area contributed by atoms with Gasteiger partial charge in [-0.15, -0.1) is 25.6 Å². The number of alkyl halides is 3. The molecule has 0 spiro atoms. The fraction of sp³-hybridized carbons (Fsp3) is 0.308. The molecule has 1 unspecified atom stereocenters. The Labute approximate surface area is 150 Å². The first-order chi connectivity index (χ1) is 11.1. The summed E-state index contributed by atoms with van der Waals surface area (Å²) in [5, 5.41) is 2.46. The lowest BCUT2D eigenvalue weighted by molar-refractivity contribution is -0.274. The SMILES string of the molecule is CC(=O)NC(N)C(=O)N(C)c1nc2ccc(OC(F)(F)F)cc2s1.Cl. The number of halogens is 4. The highest BCUT2D eigenvalue weighted by Crippen LogP contribution is 2.32. The summed E-state index contributed by atoms with van der Waals surface area (Å²) in [6.07, 6.45) is -6.04. The summed E-state index contributed by atoms with van der Waals surface area (Å²) in [6, 6.07) is 3.66. The van der Waals surface area contributed by atoms with Crippen molar-refractivity contribution in [3.63, 3.8) is 0 Å². The highest BCUT2D eigenvalue weighted by molar-refractivity contribution is 7.22. The highest BCUT2D eigenvalue weighted by atomic mass is 35.5. The zero-order valence-corrected chi connectivity index (χ0v) is 14.6. The number of nitrogens with one attached hydrogen (secondary N) is 1. The first-order valence-corrected chi connectivity index (χ1v) is 7.35. The molecule has 0 radical (unpaired) electrons. The van der Waals surface area contributed by atoms with Crippen LogP contribution in [0.4, 0.5) is 18.3 Å². The van der Waals surface area contributed by atoms with Crippen LogP contribution in [0, 0.1) is 0 Å². The van der Waals surface area contributed by atoms with Crippen LogP contribution in [0.1, 0.15) is 6.92 Å². The fourth-order valence-corrected chi connectivity index (χ4v) is 2.78. The van der Waals surface area contributed by atoms with Crippen LogP contribution in [0.3, 0.4) is 0 Å². The molecule has 0 fully saturated rings. The molecule has 0 bridgehead atoms. The van der Waals surface area contributed by atoms with Crippen LogP contribution in [-0.2, 0) is 9.59 Å². The normalized spacial score (nSPS) is 12.2. The maximum atomic E-state index is 12.2. The molecular weight excluding hydrogens is 385 g/mol. The predicted molar refractivity (Wildman–Crippen MR) is 88.8 cm³/mol. The Morgan fingerprint density at radius 1 is 1.40 bits per heavy atom. The van der Waals surface area contributed by atoms with Gasteiger partial charge in [-0.25, -0.2) is 4.98 Å². The fourth-order valence-electron chi connectivity index (χ4n) is 1.82. The third-order valence-corrected chi connectivity index (χ3v) is 3.92. The number of thiazole rings is 1. The molecule has 1 aromatic carbocycles. The number of amides is 2. The van der Waals surface area contributed by atoms with Crippen LogP contribution in [0.5, 0.6) is 5.75 Å². The second-order valence-electron chi connectivity index (χ2n) is 4.75. The minimum atomic E-state index is -4.79. The summed E-state index contributed by atoms with van der Waals surface area (Å²) in [5.74, 6) is -1.47. The number of nitrogens with two attached hydrogens (primary N) is 1. The number of hydrogen-bond donors (Lipinski definition) is 2. The molecule has 0 saturated heterocycles. The zero-order chi connectivity index (χ0) is 18.1. The minimum Gasteiger partial charge on any atom is -0.406 e. The van der Waals surface area contributed by atoms with E-state index >= 15 is 0 Å². The van der Waals surface area contributed by atoms with E-state index in [2.05, 4.69) is 15.0 Å². The summed E-state index contributed by atoms with van der Waals surface area (Å²) in [5.41, 5.74) is 5.95. The second kappa shape index (κ2) is 7.85. The molecule has 3 N–H and O–H groups in total. The molecule has 0 aliphatic rings. The molecular formula is C13H14ClF3N4O3S. The number of aromatic nitrogens is 1. The molecule has 2 amide bonds. The Balaban J connectivity index is 0.00000312. The van der Waals surface area contributed by atoms with Crippen LogP contribution in [0.15, 0.2) is 18.2 Å². The molecule has 0 aliphatic carbocycles. The van der Waals surface area contributed by atoms with Crippen molar-refractivity contribution in [2.45, 2.75) is 19.5 Å². The number of likely N-dealkylation sites (N-methyl/N-ethyl adjacent to an activating group) is 1. The molecule has 25 heavy (non-hydrogen) atoms. The molecule has 0 aliphatic heterocycles. The second-order valence-corrected chi connectivity index (χ2v) is 5.76. The lowest BCUT2D eigenvalue weighted by Gasteiger charge is -2.18. The number of benzene rings is 1. The number of carbonyl (C=O) groups excluding carboxylic acids is 2. The molecule has 138 valence electrons. The van der Waals surface area contributed by atoms with Crippen LogP contribution in [0.25, 0.3) is 10.2 Å². The van der Waals surface area contributed by atoms with Crippen molar-refractivity contribution >= 4 is 50.9 Å². The Morgan fingerprint density at radius 3 is 2.60 bits per heavy atom. The van der Waals surface area contributed by atoms with E-state index < -0.39 is 24.3 Å². The molecule has 7 nitrogen and oxygen atoms in total.